The van der Waals surface area contributed by atoms with Crippen LogP contribution < -0.4 is 0 Å². The zero-order valence-electron chi connectivity index (χ0n) is 66.2. The van der Waals surface area contributed by atoms with Crippen molar-refractivity contribution in [2.45, 2.75) is 12.4 Å². The highest BCUT2D eigenvalue weighted by molar-refractivity contribution is 6.19. The first-order valence-corrected chi connectivity index (χ1v) is 39.9. The molecule has 0 spiro atoms. The predicted molar refractivity (Wildman–Crippen MR) is 475 cm³/mol. The minimum Gasteiger partial charge on any atom is -0.308 e. The highest BCUT2D eigenvalue weighted by Crippen LogP contribution is 2.51. The summed E-state index contributed by atoms with van der Waals surface area (Å²) in [5, 5.41) is 50.0. The van der Waals surface area contributed by atoms with Crippen LogP contribution in [0.1, 0.15) is 33.4 Å². The maximum absolute atomic E-state index is 15.9. The molecule has 0 atom stereocenters. The molecule has 20 nitrogen and oxygen atoms in total. The van der Waals surface area contributed by atoms with Gasteiger partial charge in [0.25, 0.3) is 0 Å². The van der Waals surface area contributed by atoms with Gasteiger partial charge in [-0.3, -0.25) is 0 Å². The van der Waals surface area contributed by atoms with Gasteiger partial charge in [0.2, 0.25) is 0 Å². The molecule has 0 aliphatic carbocycles. The monoisotopic (exact) mass is 1670 g/mol. The molecule has 26 heteroatoms. The molecule has 0 N–H and O–H groups in total. The standard InChI is InChI=1S/C102H52F6N20/c103-101(104,105)69-38-57(53-109)36-66(44-69)92-87(125-80-12-3-1-10-71(80)76-46-61(17-22-82(76)125)95-113-25-5-26-114-95)40-59(55-111)41-88(92)126-81-13-4-2-11-72(81)77-47-62(18-23-83(77)126)100-123-35-24-79(124-100)78-48-68(99-121-33-9-34-122-99)52-91-94(78)75-21-16-65(98-119-31-8-32-120-98)51-86(75)128(91)90-43-60(56-112)42-89(93(90)67-37-58(54-110)39-70(45-67)102(106,107)108)127-84-49-63(96-115-27-6-28-116-96)14-19-73(84)74-20-15-64(50-85(74)127)97-117-29-7-30-118-97/h1-52H. The van der Waals surface area contributed by atoms with E-state index >= 15 is 26.3 Å². The van der Waals surface area contributed by atoms with Gasteiger partial charge in [-0.1, -0.05) is 72.8 Å². The van der Waals surface area contributed by atoms with Gasteiger partial charge in [0.15, 0.2) is 34.9 Å². The molecule has 10 aromatic heterocycles. The molecule has 0 aliphatic rings. The average Bonchev–Trinajstić information content (AvgIpc) is 1.55. The van der Waals surface area contributed by atoms with E-state index in [0.29, 0.717) is 156 Å². The second-order valence-corrected chi connectivity index (χ2v) is 30.4. The van der Waals surface area contributed by atoms with Crippen molar-refractivity contribution in [3.8, 4) is 149 Å². The molecule has 12 aromatic carbocycles. The fourth-order valence-corrected chi connectivity index (χ4v) is 17.7. The van der Waals surface area contributed by atoms with Crippen LogP contribution in [0.25, 0.3) is 212 Å². The Morgan fingerprint density at radius 3 is 0.953 bits per heavy atom. The molecule has 0 saturated heterocycles. The normalized spacial score (nSPS) is 11.8. The molecule has 0 saturated carbocycles. The molecule has 22 aromatic rings. The van der Waals surface area contributed by atoms with Gasteiger partial charge >= 0.3 is 12.4 Å². The van der Waals surface area contributed by atoms with Crippen LogP contribution in [-0.2, 0) is 12.4 Å². The fourth-order valence-electron chi connectivity index (χ4n) is 17.7. The van der Waals surface area contributed by atoms with Crippen molar-refractivity contribution in [3.05, 3.63) is 350 Å². The van der Waals surface area contributed by atoms with Gasteiger partial charge in [0, 0.05) is 161 Å². The predicted octanol–water partition coefficient (Wildman–Crippen LogP) is 23.3. The Kier molecular flexibility index (Phi) is 17.7. The fraction of sp³-hybridized carbons (Fsp3) is 0.0196. The molecule has 602 valence electrons. The summed E-state index contributed by atoms with van der Waals surface area (Å²) in [4.78, 5) is 57.0. The Morgan fingerprint density at radius 2 is 0.547 bits per heavy atom. The summed E-state index contributed by atoms with van der Waals surface area (Å²) in [6, 6.07) is 79.5. The minimum atomic E-state index is -4.99. The first kappa shape index (κ1) is 76.0. The molecule has 0 radical (unpaired) electrons. The summed E-state index contributed by atoms with van der Waals surface area (Å²) in [5.74, 6) is 2.06. The molecule has 0 bridgehead atoms. The van der Waals surface area contributed by atoms with Gasteiger partial charge in [-0.2, -0.15) is 47.4 Å². The first-order valence-electron chi connectivity index (χ1n) is 39.9. The van der Waals surface area contributed by atoms with Crippen molar-refractivity contribution >= 4 is 87.2 Å². The van der Waals surface area contributed by atoms with Crippen LogP contribution in [-0.4, -0.2) is 78.1 Å². The lowest BCUT2D eigenvalue weighted by Gasteiger charge is -2.22. The number of halogens is 6. The number of alkyl halides is 6. The van der Waals surface area contributed by atoms with Gasteiger partial charge in [-0.05, 0) is 187 Å². The zero-order valence-corrected chi connectivity index (χ0v) is 66.2. The number of aromatic nitrogens is 16. The van der Waals surface area contributed by atoms with E-state index in [-0.39, 0.29) is 67.5 Å². The first-order chi connectivity index (χ1) is 62.5. The van der Waals surface area contributed by atoms with E-state index in [1.165, 1.54) is 12.1 Å². The summed E-state index contributed by atoms with van der Waals surface area (Å²) < 4.78 is 102. The van der Waals surface area contributed by atoms with E-state index in [2.05, 4.69) is 42.0 Å². The van der Waals surface area contributed by atoms with Crippen LogP contribution in [0.5, 0.6) is 0 Å². The number of hydrogen-bond donors (Lipinski definition) is 0. The Morgan fingerprint density at radius 1 is 0.234 bits per heavy atom. The highest BCUT2D eigenvalue weighted by Gasteiger charge is 2.36. The lowest BCUT2D eigenvalue weighted by molar-refractivity contribution is -0.138. The van der Waals surface area contributed by atoms with Gasteiger partial charge in [-0.25, -0.2) is 59.8 Å². The maximum Gasteiger partial charge on any atom is 0.416 e. The molecule has 0 amide bonds. The van der Waals surface area contributed by atoms with Gasteiger partial charge in [-0.15, -0.1) is 0 Å². The topological polar surface area (TPSA) is 270 Å². The largest absolute Gasteiger partial charge is 0.416 e. The molecule has 10 heterocycles. The number of rotatable bonds is 13. The number of fused-ring (bicyclic) bond motifs is 12. The maximum atomic E-state index is 15.9. The van der Waals surface area contributed by atoms with Crippen molar-refractivity contribution in [2.75, 3.05) is 0 Å². The number of para-hydroxylation sites is 2. The van der Waals surface area contributed by atoms with Gasteiger partial charge in [0.05, 0.1) is 130 Å². The molecular weight excluding hydrogens is 1620 g/mol. The van der Waals surface area contributed by atoms with Gasteiger partial charge < -0.3 is 18.3 Å². The van der Waals surface area contributed by atoms with E-state index in [4.69, 9.17) is 29.9 Å². The van der Waals surface area contributed by atoms with Gasteiger partial charge in [0.1, 0.15) is 0 Å². The minimum absolute atomic E-state index is 0.0398. The summed E-state index contributed by atoms with van der Waals surface area (Å²) in [6.07, 6.45) is 7.92. The number of hydrogen-bond acceptors (Lipinski definition) is 16. The van der Waals surface area contributed by atoms with E-state index in [1.54, 1.807) is 129 Å². The van der Waals surface area contributed by atoms with Crippen LogP contribution >= 0.6 is 0 Å². The second-order valence-electron chi connectivity index (χ2n) is 30.4. The zero-order chi connectivity index (χ0) is 86.8. The third-order valence-corrected chi connectivity index (χ3v) is 23.1. The van der Waals surface area contributed by atoms with Crippen LogP contribution in [0.4, 0.5) is 26.3 Å². The quantitative estimate of drug-likeness (QED) is 0.0971. The molecule has 22 rings (SSSR count). The van der Waals surface area contributed by atoms with Crippen molar-refractivity contribution < 1.29 is 26.3 Å². The molecule has 128 heavy (non-hydrogen) atoms. The molecular formula is C102H52F6N20. The number of nitrogens with zero attached hydrogens (tertiary/aromatic N) is 20. The van der Waals surface area contributed by atoms with Crippen LogP contribution in [0.2, 0.25) is 0 Å². The lowest BCUT2D eigenvalue weighted by Crippen LogP contribution is -2.08. The SMILES string of the molecule is N#Cc1cc(-c2c(-n3c4ccccc4c4cc(-c5ncccn5)ccc43)cc(C#N)cc2-n2c3ccccc3c3cc(-c4nccc(-c5cc(-c6ncccn6)cc6c5c5ccc(-c7ncccn7)cc5n6-c5cc(C#N)cc(-n6c7cc(-c8ncccn8)ccc7c7ccc(-c8ncccn8)cc76)c5-c5cc(C#N)cc(C(F)(F)F)c5)n4)ccc32)cc(C(F)(F)F)c1. The van der Waals surface area contributed by atoms with Crippen LogP contribution in [0, 0.1) is 45.3 Å². The van der Waals surface area contributed by atoms with Crippen LogP contribution in [0.3, 0.4) is 0 Å². The van der Waals surface area contributed by atoms with E-state index in [0.717, 1.165) is 35.0 Å². The Balaban J connectivity index is 0.796. The Bertz CT molecular complexity index is 8500. The third-order valence-electron chi connectivity index (χ3n) is 23.1. The summed E-state index contributed by atoms with van der Waals surface area (Å²) in [7, 11) is 0. The number of benzene rings is 12. The summed E-state index contributed by atoms with van der Waals surface area (Å²) >= 11 is 0. The van der Waals surface area contributed by atoms with E-state index in [1.807, 2.05) is 182 Å². The van der Waals surface area contributed by atoms with E-state index < -0.39 is 23.5 Å². The summed E-state index contributed by atoms with van der Waals surface area (Å²) in [5.41, 5.74) is 7.65. The van der Waals surface area contributed by atoms with Crippen molar-refractivity contribution in [1.29, 1.82) is 21.0 Å². The Hall–Kier alpha value is -18.1. The summed E-state index contributed by atoms with van der Waals surface area (Å²) in [6.45, 7) is 0. The second kappa shape index (κ2) is 29.9. The van der Waals surface area contributed by atoms with Crippen molar-refractivity contribution in [3.63, 3.8) is 0 Å². The molecule has 0 fully saturated rings. The molecule has 0 aliphatic heterocycles. The van der Waals surface area contributed by atoms with Crippen molar-refractivity contribution in [2.24, 2.45) is 0 Å². The van der Waals surface area contributed by atoms with Crippen molar-refractivity contribution in [1.82, 2.24) is 78.1 Å². The molecule has 0 unspecified atom stereocenters. The average molecular weight is 1670 g/mol. The Labute approximate surface area is 720 Å². The smallest absolute Gasteiger partial charge is 0.308 e. The number of nitriles is 4. The van der Waals surface area contributed by atoms with E-state index in [9.17, 15) is 21.0 Å². The lowest BCUT2D eigenvalue weighted by atomic mass is 9.94. The van der Waals surface area contributed by atoms with Crippen LogP contribution in [0.15, 0.2) is 317 Å². The highest BCUT2D eigenvalue weighted by atomic mass is 19.4. The third kappa shape index (κ3) is 12.7.